The predicted molar refractivity (Wildman–Crippen MR) is 80.1 cm³/mol. The van der Waals surface area contributed by atoms with E-state index in [1.165, 1.54) is 0 Å². The molecule has 0 aliphatic carbocycles. The van der Waals surface area contributed by atoms with Crippen molar-refractivity contribution in [1.29, 1.82) is 0 Å². The topological polar surface area (TPSA) is 30.9 Å². The molecule has 1 N–H and O–H groups in total. The van der Waals surface area contributed by atoms with Gasteiger partial charge >= 0.3 is 0 Å². The highest BCUT2D eigenvalue weighted by atomic mass is 19.1. The number of amidine groups is 1. The van der Waals surface area contributed by atoms with Gasteiger partial charge in [0.25, 0.3) is 0 Å². The molecule has 0 saturated carbocycles. The third kappa shape index (κ3) is 2.77. The highest BCUT2D eigenvalue weighted by molar-refractivity contribution is 5.99. The van der Waals surface area contributed by atoms with Crippen LogP contribution in [-0.2, 0) is 0 Å². The number of hydrogen-bond acceptors (Lipinski definition) is 4. The summed E-state index contributed by atoms with van der Waals surface area (Å²) in [4.78, 5) is 8.80. The van der Waals surface area contributed by atoms with Crippen molar-refractivity contribution in [3.63, 3.8) is 0 Å². The summed E-state index contributed by atoms with van der Waals surface area (Å²) in [6.45, 7) is 5.47. The number of nitrogens with zero attached hydrogens (tertiary/aromatic N) is 3. The fourth-order valence-corrected chi connectivity index (χ4v) is 2.68. The Labute approximate surface area is 119 Å². The number of piperazine rings is 1. The van der Waals surface area contributed by atoms with Gasteiger partial charge in [-0.15, -0.1) is 0 Å². The van der Waals surface area contributed by atoms with Crippen LogP contribution in [0.3, 0.4) is 0 Å². The molecule has 2 heterocycles. The van der Waals surface area contributed by atoms with Crippen LogP contribution in [0.5, 0.6) is 0 Å². The Balaban J connectivity index is 1.79. The lowest BCUT2D eigenvalue weighted by atomic mass is 10.1. The second-order valence-corrected chi connectivity index (χ2v) is 5.47. The normalized spacial score (nSPS) is 20.5. The van der Waals surface area contributed by atoms with E-state index in [1.807, 2.05) is 12.1 Å². The number of benzene rings is 1. The highest BCUT2D eigenvalue weighted by Gasteiger charge is 2.18. The molecule has 0 atom stereocenters. The lowest BCUT2D eigenvalue weighted by Crippen LogP contribution is -2.44. The van der Waals surface area contributed by atoms with Crippen LogP contribution < -0.4 is 10.2 Å². The van der Waals surface area contributed by atoms with Gasteiger partial charge in [-0.25, -0.2) is 4.39 Å². The molecule has 20 heavy (non-hydrogen) atoms. The van der Waals surface area contributed by atoms with Gasteiger partial charge in [-0.3, -0.25) is 4.99 Å². The first-order valence-corrected chi connectivity index (χ1v) is 7.26. The average Bonchev–Trinajstić information content (AvgIpc) is 2.49. The maximum absolute atomic E-state index is 14.3. The molecule has 0 aromatic heterocycles. The summed E-state index contributed by atoms with van der Waals surface area (Å²) in [6.07, 6.45) is 1.05. The fraction of sp³-hybridized carbons (Fsp3) is 0.533. The third-order valence-corrected chi connectivity index (χ3v) is 3.96. The molecule has 2 aliphatic heterocycles. The van der Waals surface area contributed by atoms with Gasteiger partial charge in [0, 0.05) is 44.8 Å². The lowest BCUT2D eigenvalue weighted by Gasteiger charge is -2.34. The van der Waals surface area contributed by atoms with Crippen molar-refractivity contribution in [3.05, 3.63) is 29.6 Å². The SMILES string of the molecule is CN1CCN(c2ccc(C3=NCCCN3)cc2F)CC1. The van der Waals surface area contributed by atoms with Crippen molar-refractivity contribution in [1.82, 2.24) is 10.2 Å². The largest absolute Gasteiger partial charge is 0.370 e. The van der Waals surface area contributed by atoms with Crippen LogP contribution >= 0.6 is 0 Å². The lowest BCUT2D eigenvalue weighted by molar-refractivity contribution is 0.311. The number of halogens is 1. The van der Waals surface area contributed by atoms with Crippen molar-refractivity contribution in [2.75, 3.05) is 51.2 Å². The van der Waals surface area contributed by atoms with Gasteiger partial charge in [0.2, 0.25) is 0 Å². The van der Waals surface area contributed by atoms with E-state index in [-0.39, 0.29) is 5.82 Å². The maximum atomic E-state index is 14.3. The van der Waals surface area contributed by atoms with Gasteiger partial charge in [-0.05, 0) is 31.7 Å². The summed E-state index contributed by atoms with van der Waals surface area (Å²) in [6, 6.07) is 5.45. The molecule has 0 spiro atoms. The maximum Gasteiger partial charge on any atom is 0.147 e. The Hall–Kier alpha value is -1.62. The van der Waals surface area contributed by atoms with Crippen molar-refractivity contribution in [2.24, 2.45) is 4.99 Å². The van der Waals surface area contributed by atoms with Crippen LogP contribution in [0.4, 0.5) is 10.1 Å². The van der Waals surface area contributed by atoms with Crippen LogP contribution in [0.25, 0.3) is 0 Å². The number of aliphatic imine (C=N–C) groups is 1. The molecule has 0 radical (unpaired) electrons. The fourth-order valence-electron chi connectivity index (χ4n) is 2.68. The van der Waals surface area contributed by atoms with E-state index in [2.05, 4.69) is 27.2 Å². The Kier molecular flexibility index (Phi) is 3.87. The highest BCUT2D eigenvalue weighted by Crippen LogP contribution is 2.22. The van der Waals surface area contributed by atoms with Crippen LogP contribution in [-0.4, -0.2) is 57.1 Å². The van der Waals surface area contributed by atoms with Gasteiger partial charge < -0.3 is 15.1 Å². The second kappa shape index (κ2) is 5.79. The van der Waals surface area contributed by atoms with Crippen LogP contribution in [0.15, 0.2) is 23.2 Å². The van der Waals surface area contributed by atoms with E-state index < -0.39 is 0 Å². The smallest absolute Gasteiger partial charge is 0.147 e. The molecule has 0 amide bonds. The van der Waals surface area contributed by atoms with E-state index in [0.29, 0.717) is 5.69 Å². The molecule has 1 saturated heterocycles. The Morgan fingerprint density at radius 3 is 2.65 bits per heavy atom. The molecule has 1 fully saturated rings. The standard InChI is InChI=1S/C15H21FN4/c1-19-7-9-20(10-8-19)14-4-3-12(11-13(14)16)15-17-5-2-6-18-15/h3-4,11H,2,5-10H2,1H3,(H,17,18). The summed E-state index contributed by atoms with van der Waals surface area (Å²) >= 11 is 0. The van der Waals surface area contributed by atoms with Crippen molar-refractivity contribution >= 4 is 11.5 Å². The Bertz CT molecular complexity index is 507. The molecule has 3 rings (SSSR count). The van der Waals surface area contributed by atoms with Gasteiger partial charge in [0.15, 0.2) is 0 Å². The average molecular weight is 276 g/mol. The number of rotatable bonds is 2. The third-order valence-electron chi connectivity index (χ3n) is 3.96. The Morgan fingerprint density at radius 2 is 2.00 bits per heavy atom. The molecule has 0 bridgehead atoms. The van der Waals surface area contributed by atoms with Gasteiger partial charge in [0.1, 0.15) is 11.7 Å². The van der Waals surface area contributed by atoms with Gasteiger partial charge in [-0.2, -0.15) is 0 Å². The summed E-state index contributed by atoms with van der Waals surface area (Å²) in [5.74, 6) is 0.669. The molecular weight excluding hydrogens is 255 g/mol. The monoisotopic (exact) mass is 276 g/mol. The first-order chi connectivity index (χ1) is 9.74. The second-order valence-electron chi connectivity index (χ2n) is 5.47. The van der Waals surface area contributed by atoms with E-state index in [4.69, 9.17) is 0 Å². The van der Waals surface area contributed by atoms with Gasteiger partial charge in [-0.1, -0.05) is 0 Å². The minimum atomic E-state index is -0.151. The number of hydrogen-bond donors (Lipinski definition) is 1. The number of anilines is 1. The molecule has 108 valence electrons. The minimum absolute atomic E-state index is 0.151. The molecule has 2 aliphatic rings. The molecule has 1 aromatic rings. The molecule has 0 unspecified atom stereocenters. The molecule has 5 heteroatoms. The summed E-state index contributed by atoms with van der Waals surface area (Å²) in [5, 5.41) is 3.23. The van der Waals surface area contributed by atoms with E-state index in [1.54, 1.807) is 6.07 Å². The van der Waals surface area contributed by atoms with Gasteiger partial charge in [0.05, 0.1) is 5.69 Å². The molecular formula is C15H21FN4. The first-order valence-electron chi connectivity index (χ1n) is 7.26. The minimum Gasteiger partial charge on any atom is -0.370 e. The van der Waals surface area contributed by atoms with Crippen molar-refractivity contribution in [3.8, 4) is 0 Å². The van der Waals surface area contributed by atoms with Crippen molar-refractivity contribution < 1.29 is 4.39 Å². The number of likely N-dealkylation sites (N-methyl/N-ethyl adjacent to an activating group) is 1. The Morgan fingerprint density at radius 1 is 1.20 bits per heavy atom. The first kappa shape index (κ1) is 13.4. The van der Waals surface area contributed by atoms with E-state index in [0.717, 1.165) is 57.1 Å². The zero-order valence-electron chi connectivity index (χ0n) is 11.9. The number of nitrogens with one attached hydrogen (secondary N) is 1. The van der Waals surface area contributed by atoms with E-state index in [9.17, 15) is 4.39 Å². The quantitative estimate of drug-likeness (QED) is 0.884. The predicted octanol–water partition coefficient (Wildman–Crippen LogP) is 1.32. The van der Waals surface area contributed by atoms with E-state index >= 15 is 0 Å². The molecule has 4 nitrogen and oxygen atoms in total. The summed E-state index contributed by atoms with van der Waals surface area (Å²) < 4.78 is 14.3. The van der Waals surface area contributed by atoms with Crippen molar-refractivity contribution in [2.45, 2.75) is 6.42 Å². The van der Waals surface area contributed by atoms with Crippen LogP contribution in [0.1, 0.15) is 12.0 Å². The van der Waals surface area contributed by atoms with Crippen LogP contribution in [0.2, 0.25) is 0 Å². The zero-order valence-corrected chi connectivity index (χ0v) is 11.9. The summed E-state index contributed by atoms with van der Waals surface area (Å²) in [7, 11) is 2.10. The van der Waals surface area contributed by atoms with Crippen LogP contribution in [0, 0.1) is 5.82 Å². The zero-order chi connectivity index (χ0) is 13.9. The molecule has 1 aromatic carbocycles. The summed E-state index contributed by atoms with van der Waals surface area (Å²) in [5.41, 5.74) is 1.55.